The van der Waals surface area contributed by atoms with Gasteiger partial charge in [-0.2, -0.15) is 0 Å². The molecule has 2 fully saturated rings. The number of ether oxygens (including phenoxy) is 1. The van der Waals surface area contributed by atoms with Crippen molar-refractivity contribution in [1.82, 2.24) is 0 Å². The van der Waals surface area contributed by atoms with Crippen molar-refractivity contribution in [2.24, 2.45) is 17.3 Å². The molecule has 0 aromatic carbocycles. The number of hydrogen-bond acceptors (Lipinski definition) is 2. The predicted octanol–water partition coefficient (Wildman–Crippen LogP) is 1.68. The highest BCUT2D eigenvalue weighted by molar-refractivity contribution is 5.90. The normalized spacial score (nSPS) is 45.3. The molecule has 0 aliphatic heterocycles. The van der Waals surface area contributed by atoms with Crippen LogP contribution in [0.25, 0.3) is 0 Å². The maximum atomic E-state index is 11.5. The van der Waals surface area contributed by atoms with Gasteiger partial charge in [-0.1, -0.05) is 12.2 Å². The van der Waals surface area contributed by atoms with Crippen LogP contribution in [0.15, 0.2) is 24.0 Å². The quantitative estimate of drug-likeness (QED) is 0.607. The number of rotatable bonds is 1. The average molecular weight is 176 g/mol. The van der Waals surface area contributed by atoms with E-state index in [0.29, 0.717) is 11.7 Å². The lowest BCUT2D eigenvalue weighted by Gasteiger charge is -2.18. The van der Waals surface area contributed by atoms with E-state index in [1.54, 1.807) is 7.11 Å². The van der Waals surface area contributed by atoms with E-state index in [0.717, 1.165) is 18.6 Å². The third kappa shape index (κ3) is 0.642. The van der Waals surface area contributed by atoms with E-state index < -0.39 is 0 Å². The number of ketones is 1. The van der Waals surface area contributed by atoms with Gasteiger partial charge in [0.05, 0.1) is 7.11 Å². The third-order valence-electron chi connectivity index (χ3n) is 3.78. The Morgan fingerprint density at radius 3 is 3.23 bits per heavy atom. The highest BCUT2D eigenvalue weighted by Gasteiger charge is 2.72. The molecule has 2 nitrogen and oxygen atoms in total. The standard InChI is InChI=1S/C11H12O2/c1-13-9-4-2-3-7-10-8(12)5-6-11(7,9)10/h2-4,7,10H,5-6H2,1H3/t7-,10+,11?/m1/s1. The minimum Gasteiger partial charge on any atom is -0.500 e. The van der Waals surface area contributed by atoms with Crippen LogP contribution in [0.3, 0.4) is 0 Å². The zero-order valence-electron chi connectivity index (χ0n) is 7.62. The van der Waals surface area contributed by atoms with Gasteiger partial charge >= 0.3 is 0 Å². The molecule has 1 unspecified atom stereocenters. The summed E-state index contributed by atoms with van der Waals surface area (Å²) in [5, 5.41) is 0. The van der Waals surface area contributed by atoms with E-state index in [4.69, 9.17) is 4.74 Å². The fraction of sp³-hybridized carbons (Fsp3) is 0.545. The number of Topliss-reactive ketones (excluding diaryl/α,β-unsaturated/α-hetero) is 1. The van der Waals surface area contributed by atoms with Crippen LogP contribution in [-0.4, -0.2) is 12.9 Å². The van der Waals surface area contributed by atoms with Crippen LogP contribution >= 0.6 is 0 Å². The molecule has 13 heavy (non-hydrogen) atoms. The molecular formula is C11H12O2. The lowest BCUT2D eigenvalue weighted by Crippen LogP contribution is -2.10. The van der Waals surface area contributed by atoms with Crippen molar-refractivity contribution >= 4 is 5.78 Å². The molecule has 0 aromatic rings. The Labute approximate surface area is 77.3 Å². The summed E-state index contributed by atoms with van der Waals surface area (Å²) in [6.45, 7) is 0. The smallest absolute Gasteiger partial charge is 0.137 e. The Kier molecular flexibility index (Phi) is 1.17. The third-order valence-corrected chi connectivity index (χ3v) is 3.78. The molecule has 0 amide bonds. The molecule has 3 atom stereocenters. The van der Waals surface area contributed by atoms with Crippen molar-refractivity contribution in [3.8, 4) is 0 Å². The SMILES string of the molecule is COC1=CC=C[C@@H]2[C@H]3C(=O)CCC123. The average Bonchev–Trinajstić information content (AvgIpc) is 2.72. The first kappa shape index (κ1) is 7.36. The first-order valence-electron chi connectivity index (χ1n) is 4.76. The van der Waals surface area contributed by atoms with E-state index in [1.807, 2.05) is 12.2 Å². The van der Waals surface area contributed by atoms with Crippen molar-refractivity contribution in [3.05, 3.63) is 24.0 Å². The van der Waals surface area contributed by atoms with Crippen LogP contribution in [-0.2, 0) is 9.53 Å². The van der Waals surface area contributed by atoms with Gasteiger partial charge in [-0.15, -0.1) is 0 Å². The maximum Gasteiger partial charge on any atom is 0.137 e. The summed E-state index contributed by atoms with van der Waals surface area (Å²) in [6.07, 6.45) is 7.92. The van der Waals surface area contributed by atoms with Crippen LogP contribution < -0.4 is 0 Å². The number of carbonyl (C=O) groups excluding carboxylic acids is 1. The van der Waals surface area contributed by atoms with E-state index in [2.05, 4.69) is 6.08 Å². The first-order chi connectivity index (χ1) is 6.30. The first-order valence-corrected chi connectivity index (χ1v) is 4.76. The van der Waals surface area contributed by atoms with Gasteiger partial charge in [0, 0.05) is 23.7 Å². The van der Waals surface area contributed by atoms with E-state index in [-0.39, 0.29) is 11.3 Å². The molecule has 3 aliphatic carbocycles. The monoisotopic (exact) mass is 176 g/mol. The van der Waals surface area contributed by atoms with Gasteiger partial charge in [0.1, 0.15) is 11.5 Å². The van der Waals surface area contributed by atoms with Gasteiger partial charge in [-0.25, -0.2) is 0 Å². The largest absolute Gasteiger partial charge is 0.500 e. The summed E-state index contributed by atoms with van der Waals surface area (Å²) in [7, 11) is 1.70. The van der Waals surface area contributed by atoms with E-state index >= 15 is 0 Å². The second-order valence-corrected chi connectivity index (χ2v) is 4.13. The Morgan fingerprint density at radius 2 is 2.46 bits per heavy atom. The zero-order chi connectivity index (χ0) is 9.05. The molecule has 2 saturated carbocycles. The number of carbonyl (C=O) groups is 1. The highest BCUT2D eigenvalue weighted by Crippen LogP contribution is 2.72. The summed E-state index contributed by atoms with van der Waals surface area (Å²) < 4.78 is 5.36. The van der Waals surface area contributed by atoms with Gasteiger partial charge in [-0.05, 0) is 12.5 Å². The van der Waals surface area contributed by atoms with Crippen LogP contribution in [0.1, 0.15) is 12.8 Å². The molecule has 0 N–H and O–H groups in total. The molecule has 2 heteroatoms. The van der Waals surface area contributed by atoms with Crippen LogP contribution in [0.2, 0.25) is 0 Å². The molecule has 3 rings (SSSR count). The summed E-state index contributed by atoms with van der Waals surface area (Å²) in [6, 6.07) is 0. The summed E-state index contributed by atoms with van der Waals surface area (Å²) in [5.74, 6) is 2.15. The topological polar surface area (TPSA) is 26.3 Å². The molecule has 1 spiro atoms. The zero-order valence-corrected chi connectivity index (χ0v) is 7.62. The molecule has 0 radical (unpaired) electrons. The second-order valence-electron chi connectivity index (χ2n) is 4.13. The van der Waals surface area contributed by atoms with Gasteiger partial charge in [0.15, 0.2) is 0 Å². The second kappa shape index (κ2) is 2.06. The summed E-state index contributed by atoms with van der Waals surface area (Å²) >= 11 is 0. The van der Waals surface area contributed by atoms with Gasteiger partial charge in [0.25, 0.3) is 0 Å². The minimum atomic E-state index is 0.0978. The fourth-order valence-electron chi connectivity index (χ4n) is 3.16. The molecule has 3 aliphatic rings. The van der Waals surface area contributed by atoms with E-state index in [9.17, 15) is 4.79 Å². The van der Waals surface area contributed by atoms with Gasteiger partial charge in [-0.3, -0.25) is 4.79 Å². The lowest BCUT2D eigenvalue weighted by molar-refractivity contribution is -0.119. The number of allylic oxidation sites excluding steroid dienone is 4. The minimum absolute atomic E-state index is 0.0978. The molecular weight excluding hydrogens is 164 g/mol. The van der Waals surface area contributed by atoms with Crippen molar-refractivity contribution in [1.29, 1.82) is 0 Å². The molecule has 68 valence electrons. The van der Waals surface area contributed by atoms with Crippen LogP contribution in [0.4, 0.5) is 0 Å². The van der Waals surface area contributed by atoms with Crippen molar-refractivity contribution in [2.75, 3.05) is 7.11 Å². The Bertz CT molecular complexity index is 340. The van der Waals surface area contributed by atoms with Crippen molar-refractivity contribution in [3.63, 3.8) is 0 Å². The maximum absolute atomic E-state index is 11.5. The predicted molar refractivity (Wildman–Crippen MR) is 47.9 cm³/mol. The van der Waals surface area contributed by atoms with Crippen LogP contribution in [0.5, 0.6) is 0 Å². The van der Waals surface area contributed by atoms with Crippen molar-refractivity contribution in [2.45, 2.75) is 12.8 Å². The Balaban J connectivity index is 2.05. The number of hydrogen-bond donors (Lipinski definition) is 0. The van der Waals surface area contributed by atoms with Crippen molar-refractivity contribution < 1.29 is 9.53 Å². The molecule has 0 saturated heterocycles. The number of methoxy groups -OCH3 is 1. The fourth-order valence-corrected chi connectivity index (χ4v) is 3.16. The summed E-state index contributed by atoms with van der Waals surface area (Å²) in [5.41, 5.74) is 0.0978. The van der Waals surface area contributed by atoms with Crippen LogP contribution in [0, 0.1) is 17.3 Å². The molecule has 0 bridgehead atoms. The Hall–Kier alpha value is -1.05. The highest BCUT2D eigenvalue weighted by atomic mass is 16.5. The van der Waals surface area contributed by atoms with E-state index in [1.165, 1.54) is 0 Å². The Morgan fingerprint density at radius 1 is 1.62 bits per heavy atom. The molecule has 0 heterocycles. The van der Waals surface area contributed by atoms with Gasteiger partial charge < -0.3 is 4.74 Å². The lowest BCUT2D eigenvalue weighted by atomic mass is 9.94. The number of fused-ring (bicyclic) bond motifs is 1. The van der Waals surface area contributed by atoms with Gasteiger partial charge in [0.2, 0.25) is 0 Å². The molecule has 0 aromatic heterocycles. The summed E-state index contributed by atoms with van der Waals surface area (Å²) in [4.78, 5) is 11.5.